The first kappa shape index (κ1) is 17.1. The molecule has 112 valence electrons. The van der Waals surface area contributed by atoms with Crippen LogP contribution in [0.1, 0.15) is 81.5 Å². The molecule has 0 heterocycles. The van der Waals surface area contributed by atoms with E-state index >= 15 is 0 Å². The molecule has 2 nitrogen and oxygen atoms in total. The van der Waals surface area contributed by atoms with Gasteiger partial charge in [-0.2, -0.15) is 0 Å². The van der Waals surface area contributed by atoms with Gasteiger partial charge in [0, 0.05) is 5.75 Å². The number of hydrogen-bond donors (Lipinski definition) is 2. The van der Waals surface area contributed by atoms with Crippen LogP contribution in [0.3, 0.4) is 0 Å². The fourth-order valence-corrected chi connectivity index (χ4v) is 3.06. The normalized spacial score (nSPS) is 11.7. The van der Waals surface area contributed by atoms with Crippen LogP contribution >= 0.6 is 11.8 Å². The number of rotatable bonds is 5. The number of hydrogen-bond acceptors (Lipinski definition) is 2. The molecule has 1 aromatic rings. The van der Waals surface area contributed by atoms with Crippen molar-refractivity contribution in [2.24, 2.45) is 5.73 Å². The van der Waals surface area contributed by atoms with Crippen LogP contribution in [0.15, 0.2) is 12.1 Å². The van der Waals surface area contributed by atoms with Gasteiger partial charge in [0.05, 0.1) is 0 Å². The van der Waals surface area contributed by atoms with Crippen molar-refractivity contribution in [1.82, 2.24) is 0 Å². The van der Waals surface area contributed by atoms with Crippen molar-refractivity contribution in [3.05, 3.63) is 34.4 Å². The molecule has 0 fully saturated rings. The average Bonchev–Trinajstić information content (AvgIpc) is 2.34. The zero-order chi connectivity index (χ0) is 15.4. The van der Waals surface area contributed by atoms with E-state index in [1.165, 1.54) is 34.0 Å². The van der Waals surface area contributed by atoms with Crippen molar-refractivity contribution in [2.45, 2.75) is 65.0 Å². The summed E-state index contributed by atoms with van der Waals surface area (Å²) < 4.78 is 0. The van der Waals surface area contributed by atoms with Crippen molar-refractivity contribution in [2.75, 3.05) is 0 Å². The fraction of sp³-hybridized carbons (Fsp3) is 0.588. The monoisotopic (exact) mass is 292 g/mol. The molecule has 0 spiro atoms. The molecule has 0 aromatic heterocycles. The quantitative estimate of drug-likeness (QED) is 0.580. The van der Waals surface area contributed by atoms with E-state index in [9.17, 15) is 0 Å². The first-order valence-electron chi connectivity index (χ1n) is 7.37. The summed E-state index contributed by atoms with van der Waals surface area (Å²) in [6.45, 7) is 13.5. The second-order valence-electron chi connectivity index (χ2n) is 6.29. The van der Waals surface area contributed by atoms with Crippen LogP contribution in [0.2, 0.25) is 0 Å². The van der Waals surface area contributed by atoms with Gasteiger partial charge in [0.15, 0.2) is 5.17 Å². The highest BCUT2D eigenvalue weighted by Crippen LogP contribution is 2.34. The van der Waals surface area contributed by atoms with Crippen LogP contribution < -0.4 is 5.73 Å². The van der Waals surface area contributed by atoms with Gasteiger partial charge in [-0.05, 0) is 40.0 Å². The van der Waals surface area contributed by atoms with E-state index in [4.69, 9.17) is 11.1 Å². The maximum absolute atomic E-state index is 7.45. The maximum atomic E-state index is 7.45. The molecule has 1 rings (SSSR count). The Hall–Kier alpha value is -0.960. The standard InChI is InChI=1S/C17H28N2S/c1-10(2)13-7-14(11(3)4)16(9-20-17(18)19)15(8-13)12(5)6/h7-8,10-12H,9H2,1-6H3,(H3,18,19). The van der Waals surface area contributed by atoms with E-state index < -0.39 is 0 Å². The molecule has 0 aliphatic carbocycles. The van der Waals surface area contributed by atoms with Gasteiger partial charge in [0.1, 0.15) is 0 Å². The van der Waals surface area contributed by atoms with E-state index in [1.54, 1.807) is 0 Å². The van der Waals surface area contributed by atoms with Gasteiger partial charge >= 0.3 is 0 Å². The Morgan fingerprint density at radius 2 is 1.45 bits per heavy atom. The summed E-state index contributed by atoms with van der Waals surface area (Å²) >= 11 is 1.42. The van der Waals surface area contributed by atoms with Gasteiger partial charge in [-0.25, -0.2) is 0 Å². The van der Waals surface area contributed by atoms with Crippen LogP contribution in [0.4, 0.5) is 0 Å². The molecule has 3 heteroatoms. The summed E-state index contributed by atoms with van der Waals surface area (Å²) in [5.74, 6) is 2.33. The smallest absolute Gasteiger partial charge is 0.151 e. The van der Waals surface area contributed by atoms with Gasteiger partial charge in [-0.1, -0.05) is 65.4 Å². The molecule has 0 saturated carbocycles. The van der Waals surface area contributed by atoms with Gasteiger partial charge in [0.2, 0.25) is 0 Å². The molecule has 0 aliphatic rings. The molecule has 0 radical (unpaired) electrons. The Bertz CT molecular complexity index is 447. The molecular weight excluding hydrogens is 264 g/mol. The molecule has 0 amide bonds. The molecule has 0 unspecified atom stereocenters. The minimum Gasteiger partial charge on any atom is -0.379 e. The Morgan fingerprint density at radius 3 is 1.75 bits per heavy atom. The minimum absolute atomic E-state index is 0.197. The van der Waals surface area contributed by atoms with Gasteiger partial charge in [-0.3, -0.25) is 5.41 Å². The predicted octanol–water partition coefficient (Wildman–Crippen LogP) is 5.18. The lowest BCUT2D eigenvalue weighted by atomic mass is 9.85. The van der Waals surface area contributed by atoms with E-state index in [2.05, 4.69) is 53.7 Å². The summed E-state index contributed by atoms with van der Waals surface area (Å²) in [5.41, 5.74) is 11.1. The Balaban J connectivity index is 3.38. The number of nitrogens with two attached hydrogens (primary N) is 1. The third-order valence-corrected chi connectivity index (χ3v) is 4.37. The lowest BCUT2D eigenvalue weighted by molar-refractivity contribution is 0.790. The number of thioether (sulfide) groups is 1. The fourth-order valence-electron chi connectivity index (χ4n) is 2.42. The van der Waals surface area contributed by atoms with E-state index in [1.807, 2.05) is 0 Å². The summed E-state index contributed by atoms with van der Waals surface area (Å²) in [7, 11) is 0. The molecule has 0 bridgehead atoms. The molecule has 1 aromatic carbocycles. The van der Waals surface area contributed by atoms with Crippen molar-refractivity contribution in [1.29, 1.82) is 5.41 Å². The van der Waals surface area contributed by atoms with Crippen LogP contribution in [-0.2, 0) is 5.75 Å². The largest absolute Gasteiger partial charge is 0.379 e. The number of nitrogens with one attached hydrogen (secondary N) is 1. The van der Waals surface area contributed by atoms with Crippen LogP contribution in [-0.4, -0.2) is 5.17 Å². The van der Waals surface area contributed by atoms with Gasteiger partial charge in [-0.15, -0.1) is 0 Å². The second kappa shape index (κ2) is 7.16. The van der Waals surface area contributed by atoms with Gasteiger partial charge in [0.25, 0.3) is 0 Å². The first-order valence-corrected chi connectivity index (χ1v) is 8.36. The SMILES string of the molecule is CC(C)c1cc(C(C)C)c(CSC(=N)N)c(C(C)C)c1. The summed E-state index contributed by atoms with van der Waals surface area (Å²) in [4.78, 5) is 0. The Kier molecular flexibility index (Phi) is 6.12. The summed E-state index contributed by atoms with van der Waals surface area (Å²) in [5, 5.41) is 7.65. The van der Waals surface area contributed by atoms with Crippen molar-refractivity contribution in [3.8, 4) is 0 Å². The predicted molar refractivity (Wildman–Crippen MR) is 91.9 cm³/mol. The molecule has 0 atom stereocenters. The molecule has 20 heavy (non-hydrogen) atoms. The Morgan fingerprint density at radius 1 is 1.00 bits per heavy atom. The highest BCUT2D eigenvalue weighted by atomic mass is 32.2. The third-order valence-electron chi connectivity index (χ3n) is 3.62. The van der Waals surface area contributed by atoms with E-state index in [0.717, 1.165) is 5.75 Å². The second-order valence-corrected chi connectivity index (χ2v) is 7.31. The van der Waals surface area contributed by atoms with E-state index in [0.29, 0.717) is 17.8 Å². The van der Waals surface area contributed by atoms with Gasteiger partial charge < -0.3 is 5.73 Å². The van der Waals surface area contributed by atoms with Crippen LogP contribution in [0.25, 0.3) is 0 Å². The highest BCUT2D eigenvalue weighted by Gasteiger charge is 2.17. The Labute approximate surface area is 128 Å². The van der Waals surface area contributed by atoms with Crippen LogP contribution in [0.5, 0.6) is 0 Å². The molecule has 0 aliphatic heterocycles. The van der Waals surface area contributed by atoms with Crippen LogP contribution in [0, 0.1) is 5.41 Å². The maximum Gasteiger partial charge on any atom is 0.151 e. The number of benzene rings is 1. The lowest BCUT2D eigenvalue weighted by Gasteiger charge is -2.22. The lowest BCUT2D eigenvalue weighted by Crippen LogP contribution is -2.09. The molecule has 3 N–H and O–H groups in total. The number of amidine groups is 1. The zero-order valence-electron chi connectivity index (χ0n) is 13.6. The average molecular weight is 292 g/mol. The first-order chi connectivity index (χ1) is 9.23. The molecular formula is C17H28N2S. The summed E-state index contributed by atoms with van der Waals surface area (Å²) in [6, 6.07) is 4.69. The van der Waals surface area contributed by atoms with Crippen molar-refractivity contribution in [3.63, 3.8) is 0 Å². The topological polar surface area (TPSA) is 49.9 Å². The van der Waals surface area contributed by atoms with E-state index in [-0.39, 0.29) is 5.17 Å². The minimum atomic E-state index is 0.197. The third kappa shape index (κ3) is 4.27. The summed E-state index contributed by atoms with van der Waals surface area (Å²) in [6.07, 6.45) is 0. The van der Waals surface area contributed by atoms with Crippen molar-refractivity contribution >= 4 is 16.9 Å². The molecule has 0 saturated heterocycles. The zero-order valence-corrected chi connectivity index (χ0v) is 14.4. The highest BCUT2D eigenvalue weighted by molar-refractivity contribution is 8.13. The van der Waals surface area contributed by atoms with Crippen molar-refractivity contribution < 1.29 is 0 Å².